The van der Waals surface area contributed by atoms with Gasteiger partial charge < -0.3 is 5.32 Å². The second kappa shape index (κ2) is 5.91. The number of benzene rings is 1. The fraction of sp³-hybridized carbons (Fsp3) is 0.364. The van der Waals surface area contributed by atoms with Gasteiger partial charge in [0.15, 0.2) is 0 Å². The topological polar surface area (TPSA) is 29.1 Å². The van der Waals surface area contributed by atoms with Crippen LogP contribution < -0.4 is 5.32 Å². The van der Waals surface area contributed by atoms with Crippen LogP contribution in [0.3, 0.4) is 0 Å². The molecule has 0 unspecified atom stereocenters. The van der Waals surface area contributed by atoms with Crippen LogP contribution in [-0.4, -0.2) is 18.0 Å². The Morgan fingerprint density at radius 3 is 2.29 bits per heavy atom. The molecular formula is C11H11ClF3NO. The number of halogens is 4. The highest BCUT2D eigenvalue weighted by Gasteiger charge is 2.31. The molecule has 94 valence electrons. The molecule has 0 aliphatic rings. The Bertz CT molecular complexity index is 375. The zero-order chi connectivity index (χ0) is 12.9. The minimum atomic E-state index is -4.48. The van der Waals surface area contributed by atoms with E-state index >= 15 is 0 Å². The molecule has 1 aromatic rings. The first-order valence-electron chi connectivity index (χ1n) is 4.92. The molecule has 0 saturated heterocycles. The van der Waals surface area contributed by atoms with Crippen molar-refractivity contribution in [1.29, 1.82) is 0 Å². The fourth-order valence-corrected chi connectivity index (χ4v) is 1.47. The van der Waals surface area contributed by atoms with Gasteiger partial charge in [0.1, 0.15) is 6.42 Å². The SMILES string of the molecule is O=C(CC(F)(F)F)Nc1ccc(CCCl)cc1. The molecule has 1 amide bonds. The number of carbonyl (C=O) groups is 1. The van der Waals surface area contributed by atoms with Crippen molar-refractivity contribution < 1.29 is 18.0 Å². The number of rotatable bonds is 4. The molecule has 6 heteroatoms. The fourth-order valence-electron chi connectivity index (χ4n) is 1.25. The normalized spacial score (nSPS) is 11.3. The van der Waals surface area contributed by atoms with Crippen molar-refractivity contribution in [2.45, 2.75) is 19.0 Å². The molecular weight excluding hydrogens is 255 g/mol. The molecule has 0 aliphatic heterocycles. The van der Waals surface area contributed by atoms with E-state index in [9.17, 15) is 18.0 Å². The van der Waals surface area contributed by atoms with E-state index in [4.69, 9.17) is 11.6 Å². The summed E-state index contributed by atoms with van der Waals surface area (Å²) in [6.45, 7) is 0. The predicted octanol–water partition coefficient (Wildman–Crippen LogP) is 3.36. The van der Waals surface area contributed by atoms with Crippen LogP contribution in [-0.2, 0) is 11.2 Å². The van der Waals surface area contributed by atoms with Gasteiger partial charge in [-0.2, -0.15) is 13.2 Å². The molecule has 1 rings (SSSR count). The maximum atomic E-state index is 11.9. The summed E-state index contributed by atoms with van der Waals surface area (Å²) in [5.74, 6) is -0.595. The third-order valence-electron chi connectivity index (χ3n) is 1.98. The van der Waals surface area contributed by atoms with Crippen molar-refractivity contribution in [3.63, 3.8) is 0 Å². The van der Waals surface area contributed by atoms with Gasteiger partial charge in [-0.25, -0.2) is 0 Å². The molecule has 0 aliphatic carbocycles. The molecule has 1 aromatic carbocycles. The average Bonchev–Trinajstić information content (AvgIpc) is 2.18. The molecule has 17 heavy (non-hydrogen) atoms. The molecule has 0 fully saturated rings. The zero-order valence-electron chi connectivity index (χ0n) is 8.85. The number of nitrogens with one attached hydrogen (secondary N) is 1. The smallest absolute Gasteiger partial charge is 0.326 e. The quantitative estimate of drug-likeness (QED) is 0.831. The molecule has 2 nitrogen and oxygen atoms in total. The number of amides is 1. The van der Waals surface area contributed by atoms with Crippen LogP contribution >= 0.6 is 11.6 Å². The van der Waals surface area contributed by atoms with Crippen LogP contribution in [0.15, 0.2) is 24.3 Å². The minimum absolute atomic E-state index is 0.345. The number of anilines is 1. The first-order chi connectivity index (χ1) is 7.90. The van der Waals surface area contributed by atoms with Gasteiger partial charge in [0, 0.05) is 11.6 Å². The van der Waals surface area contributed by atoms with Gasteiger partial charge >= 0.3 is 6.18 Å². The summed E-state index contributed by atoms with van der Waals surface area (Å²) in [4.78, 5) is 11.0. The Labute approximate surface area is 102 Å². The summed E-state index contributed by atoms with van der Waals surface area (Å²) in [6.07, 6.45) is -5.28. The summed E-state index contributed by atoms with van der Waals surface area (Å²) >= 11 is 5.54. The molecule has 0 aromatic heterocycles. The predicted molar refractivity (Wildman–Crippen MR) is 60.2 cm³/mol. The average molecular weight is 266 g/mol. The first-order valence-corrected chi connectivity index (χ1v) is 5.45. The van der Waals surface area contributed by atoms with E-state index in [0.29, 0.717) is 18.0 Å². The Morgan fingerprint density at radius 2 is 1.82 bits per heavy atom. The van der Waals surface area contributed by atoms with Gasteiger partial charge in [-0.05, 0) is 24.1 Å². The Balaban J connectivity index is 2.54. The maximum absolute atomic E-state index is 11.9. The third-order valence-corrected chi connectivity index (χ3v) is 2.17. The molecule has 0 bridgehead atoms. The van der Waals surface area contributed by atoms with E-state index in [-0.39, 0.29) is 0 Å². The van der Waals surface area contributed by atoms with Crippen LogP contribution in [0.1, 0.15) is 12.0 Å². The van der Waals surface area contributed by atoms with Gasteiger partial charge in [-0.15, -0.1) is 11.6 Å². The highest BCUT2D eigenvalue weighted by atomic mass is 35.5. The van der Waals surface area contributed by atoms with Crippen molar-refractivity contribution in [2.24, 2.45) is 0 Å². The van der Waals surface area contributed by atoms with E-state index in [1.165, 1.54) is 0 Å². The van der Waals surface area contributed by atoms with Gasteiger partial charge in [0.2, 0.25) is 5.91 Å². The summed E-state index contributed by atoms with van der Waals surface area (Å²) in [5, 5.41) is 2.18. The monoisotopic (exact) mass is 265 g/mol. The lowest BCUT2D eigenvalue weighted by Crippen LogP contribution is -2.21. The molecule has 0 radical (unpaired) electrons. The lowest BCUT2D eigenvalue weighted by molar-refractivity contribution is -0.150. The zero-order valence-corrected chi connectivity index (χ0v) is 9.61. The number of hydrogen-bond donors (Lipinski definition) is 1. The Kier molecular flexibility index (Phi) is 4.81. The number of aryl methyl sites for hydroxylation is 1. The van der Waals surface area contributed by atoms with Crippen molar-refractivity contribution in [3.05, 3.63) is 29.8 Å². The van der Waals surface area contributed by atoms with Crippen LogP contribution in [0.4, 0.5) is 18.9 Å². The van der Waals surface area contributed by atoms with Crippen LogP contribution in [0, 0.1) is 0 Å². The van der Waals surface area contributed by atoms with Crippen LogP contribution in [0.2, 0.25) is 0 Å². The van der Waals surface area contributed by atoms with Crippen LogP contribution in [0.5, 0.6) is 0 Å². The van der Waals surface area contributed by atoms with Gasteiger partial charge in [-0.1, -0.05) is 12.1 Å². The standard InChI is InChI=1S/C11H11ClF3NO/c12-6-5-8-1-3-9(4-2-8)16-10(17)7-11(13,14)15/h1-4H,5-7H2,(H,16,17). The second-order valence-corrected chi connectivity index (χ2v) is 3.85. The van der Waals surface area contributed by atoms with Gasteiger partial charge in [-0.3, -0.25) is 4.79 Å². The maximum Gasteiger partial charge on any atom is 0.397 e. The number of hydrogen-bond acceptors (Lipinski definition) is 1. The molecule has 1 N–H and O–H groups in total. The van der Waals surface area contributed by atoms with E-state index in [0.717, 1.165) is 5.56 Å². The van der Waals surface area contributed by atoms with Gasteiger partial charge in [0.05, 0.1) is 0 Å². The summed E-state index contributed by atoms with van der Waals surface area (Å²) < 4.78 is 35.7. The minimum Gasteiger partial charge on any atom is -0.326 e. The van der Waals surface area contributed by atoms with Crippen molar-refractivity contribution in [2.75, 3.05) is 11.2 Å². The van der Waals surface area contributed by atoms with Crippen LogP contribution in [0.25, 0.3) is 0 Å². The van der Waals surface area contributed by atoms with E-state index in [1.54, 1.807) is 24.3 Å². The molecule has 0 saturated carbocycles. The van der Waals surface area contributed by atoms with E-state index < -0.39 is 18.5 Å². The second-order valence-electron chi connectivity index (χ2n) is 3.48. The Hall–Kier alpha value is -1.23. The van der Waals surface area contributed by atoms with Crippen molar-refractivity contribution >= 4 is 23.2 Å². The van der Waals surface area contributed by atoms with Crippen molar-refractivity contribution in [1.82, 2.24) is 0 Å². The number of carbonyl (C=O) groups excluding carboxylic acids is 1. The highest BCUT2D eigenvalue weighted by Crippen LogP contribution is 2.20. The van der Waals surface area contributed by atoms with E-state index in [1.807, 2.05) is 0 Å². The number of alkyl halides is 4. The summed E-state index contributed by atoms with van der Waals surface area (Å²) in [6, 6.07) is 6.53. The first kappa shape index (κ1) is 13.8. The largest absolute Gasteiger partial charge is 0.397 e. The molecule has 0 spiro atoms. The Morgan fingerprint density at radius 1 is 1.24 bits per heavy atom. The summed E-state index contributed by atoms with van der Waals surface area (Å²) in [5.41, 5.74) is 1.31. The van der Waals surface area contributed by atoms with Crippen molar-refractivity contribution in [3.8, 4) is 0 Å². The highest BCUT2D eigenvalue weighted by molar-refractivity contribution is 6.17. The third kappa shape index (κ3) is 5.58. The summed E-state index contributed by atoms with van der Waals surface area (Å²) in [7, 11) is 0. The lowest BCUT2D eigenvalue weighted by Gasteiger charge is -2.08. The van der Waals surface area contributed by atoms with Gasteiger partial charge in [0.25, 0.3) is 0 Å². The lowest BCUT2D eigenvalue weighted by atomic mass is 10.1. The molecule has 0 atom stereocenters. The molecule has 0 heterocycles. The van der Waals surface area contributed by atoms with E-state index in [2.05, 4.69) is 5.32 Å².